The first-order chi connectivity index (χ1) is 8.55. The molecule has 1 rings (SSSR count). The molecule has 0 radical (unpaired) electrons. The lowest BCUT2D eigenvalue weighted by molar-refractivity contribution is 0.113. The van der Waals surface area contributed by atoms with Crippen LogP contribution in [0, 0.1) is 22.6 Å². The molecular formula is C15H20FNO. The number of nitrogens with zero attached hydrogens (tertiary/aromatic N) is 1. The second-order valence-corrected chi connectivity index (χ2v) is 5.10. The minimum absolute atomic E-state index is 0.219. The van der Waals surface area contributed by atoms with Gasteiger partial charge in [0, 0.05) is 12.2 Å². The molecule has 0 bridgehead atoms. The van der Waals surface area contributed by atoms with Gasteiger partial charge in [0.25, 0.3) is 0 Å². The zero-order valence-electron chi connectivity index (χ0n) is 11.1. The molecule has 0 aliphatic heterocycles. The van der Waals surface area contributed by atoms with Crippen LogP contribution < -0.4 is 0 Å². The Morgan fingerprint density at radius 3 is 2.67 bits per heavy atom. The van der Waals surface area contributed by atoms with E-state index in [-0.39, 0.29) is 11.2 Å². The normalized spacial score (nSPS) is 11.2. The Bertz CT molecular complexity index is 409. The van der Waals surface area contributed by atoms with Crippen molar-refractivity contribution in [1.82, 2.24) is 0 Å². The topological polar surface area (TPSA) is 33.0 Å². The van der Waals surface area contributed by atoms with Crippen LogP contribution in [0.25, 0.3) is 0 Å². The van der Waals surface area contributed by atoms with Crippen LogP contribution in [-0.4, -0.2) is 6.61 Å². The summed E-state index contributed by atoms with van der Waals surface area (Å²) in [5.41, 5.74) is 0.334. The maximum absolute atomic E-state index is 13.3. The Labute approximate surface area is 108 Å². The molecule has 0 saturated heterocycles. The maximum atomic E-state index is 13.3. The highest BCUT2D eigenvalue weighted by Gasteiger charge is 2.15. The fraction of sp³-hybridized carbons (Fsp3) is 0.533. The molecule has 0 aliphatic carbocycles. The Morgan fingerprint density at radius 1 is 1.28 bits per heavy atom. The average Bonchev–Trinajstić information content (AvgIpc) is 2.35. The molecule has 0 aliphatic rings. The molecule has 0 aromatic heterocycles. The summed E-state index contributed by atoms with van der Waals surface area (Å²) in [6.07, 6.45) is 2.73. The summed E-state index contributed by atoms with van der Waals surface area (Å²) >= 11 is 0. The predicted molar refractivity (Wildman–Crippen MR) is 69.3 cm³/mol. The average molecular weight is 249 g/mol. The summed E-state index contributed by atoms with van der Waals surface area (Å²) in [6, 6.07) is 8.92. The van der Waals surface area contributed by atoms with Gasteiger partial charge < -0.3 is 4.74 Å². The Hall–Kier alpha value is -1.40. The number of nitriles is 1. The molecule has 0 heterocycles. The van der Waals surface area contributed by atoms with E-state index in [1.807, 2.05) is 13.8 Å². The van der Waals surface area contributed by atoms with Crippen molar-refractivity contribution in [2.75, 3.05) is 6.61 Å². The van der Waals surface area contributed by atoms with Gasteiger partial charge in [0.1, 0.15) is 5.82 Å². The first kappa shape index (κ1) is 14.7. The molecule has 18 heavy (non-hydrogen) atoms. The van der Waals surface area contributed by atoms with Crippen LogP contribution in [0.2, 0.25) is 0 Å². The third-order valence-electron chi connectivity index (χ3n) is 2.86. The number of hydrogen-bond acceptors (Lipinski definition) is 2. The van der Waals surface area contributed by atoms with E-state index in [9.17, 15) is 4.39 Å². The SMILES string of the molecule is CC(C)(C#N)CCCCOCc1ccccc1F. The number of benzene rings is 1. The fourth-order valence-electron chi connectivity index (χ4n) is 1.62. The highest BCUT2D eigenvalue weighted by atomic mass is 19.1. The van der Waals surface area contributed by atoms with E-state index in [4.69, 9.17) is 10.00 Å². The third-order valence-corrected chi connectivity index (χ3v) is 2.86. The largest absolute Gasteiger partial charge is 0.377 e. The van der Waals surface area contributed by atoms with E-state index in [2.05, 4.69) is 6.07 Å². The molecule has 1 aromatic rings. The molecule has 0 amide bonds. The Kier molecular flexibility index (Phi) is 5.80. The maximum Gasteiger partial charge on any atom is 0.128 e. The van der Waals surface area contributed by atoms with Crippen LogP contribution in [0.4, 0.5) is 4.39 Å². The molecule has 1 aromatic carbocycles. The van der Waals surface area contributed by atoms with E-state index in [1.165, 1.54) is 6.07 Å². The Balaban J connectivity index is 2.13. The molecule has 0 unspecified atom stereocenters. The molecule has 0 atom stereocenters. The van der Waals surface area contributed by atoms with Crippen molar-refractivity contribution in [3.63, 3.8) is 0 Å². The van der Waals surface area contributed by atoms with E-state index in [0.717, 1.165) is 19.3 Å². The number of rotatable bonds is 7. The summed E-state index contributed by atoms with van der Waals surface area (Å²) in [4.78, 5) is 0. The van der Waals surface area contributed by atoms with Crippen molar-refractivity contribution >= 4 is 0 Å². The van der Waals surface area contributed by atoms with Crippen LogP contribution in [0.3, 0.4) is 0 Å². The molecule has 0 N–H and O–H groups in total. The quantitative estimate of drug-likeness (QED) is 0.683. The summed E-state index contributed by atoms with van der Waals surface area (Å²) in [5, 5.41) is 8.85. The highest BCUT2D eigenvalue weighted by Crippen LogP contribution is 2.21. The van der Waals surface area contributed by atoms with Gasteiger partial charge in [0.05, 0.1) is 18.1 Å². The Morgan fingerprint density at radius 2 is 2.00 bits per heavy atom. The van der Waals surface area contributed by atoms with Crippen LogP contribution >= 0.6 is 0 Å². The molecular weight excluding hydrogens is 229 g/mol. The van der Waals surface area contributed by atoms with Crippen LogP contribution in [-0.2, 0) is 11.3 Å². The lowest BCUT2D eigenvalue weighted by Crippen LogP contribution is -2.08. The summed E-state index contributed by atoms with van der Waals surface area (Å²) in [6.45, 7) is 4.80. The predicted octanol–water partition coefficient (Wildman–Crippen LogP) is 4.06. The molecule has 0 spiro atoms. The third kappa shape index (κ3) is 5.29. The minimum Gasteiger partial charge on any atom is -0.377 e. The molecule has 98 valence electrons. The standard InChI is InChI=1S/C15H20FNO/c1-15(2,12-17)9-5-6-10-18-11-13-7-3-4-8-14(13)16/h3-4,7-8H,5-6,9-11H2,1-2H3. The van der Waals surface area contributed by atoms with E-state index in [1.54, 1.807) is 18.2 Å². The zero-order valence-corrected chi connectivity index (χ0v) is 11.1. The monoisotopic (exact) mass is 249 g/mol. The lowest BCUT2D eigenvalue weighted by Gasteiger charge is -2.14. The van der Waals surface area contributed by atoms with Gasteiger partial charge in [-0.1, -0.05) is 18.2 Å². The zero-order chi connectivity index (χ0) is 13.4. The summed E-state index contributed by atoms with van der Waals surface area (Å²) < 4.78 is 18.7. The highest BCUT2D eigenvalue weighted by molar-refractivity contribution is 5.16. The van der Waals surface area contributed by atoms with Crippen molar-refractivity contribution in [3.05, 3.63) is 35.6 Å². The first-order valence-electron chi connectivity index (χ1n) is 6.27. The van der Waals surface area contributed by atoms with Crippen molar-refractivity contribution in [3.8, 4) is 6.07 Å². The van der Waals surface area contributed by atoms with Gasteiger partial charge in [-0.25, -0.2) is 4.39 Å². The number of unbranched alkanes of at least 4 members (excludes halogenated alkanes) is 1. The van der Waals surface area contributed by atoms with E-state index >= 15 is 0 Å². The van der Waals surface area contributed by atoms with E-state index < -0.39 is 0 Å². The minimum atomic E-state index is -0.258. The van der Waals surface area contributed by atoms with Gasteiger partial charge in [-0.15, -0.1) is 0 Å². The van der Waals surface area contributed by atoms with Crippen LogP contribution in [0.5, 0.6) is 0 Å². The number of halogens is 1. The van der Waals surface area contributed by atoms with E-state index in [0.29, 0.717) is 18.8 Å². The van der Waals surface area contributed by atoms with Crippen molar-refractivity contribution in [2.45, 2.75) is 39.7 Å². The number of ether oxygens (including phenoxy) is 1. The smallest absolute Gasteiger partial charge is 0.128 e. The summed E-state index contributed by atoms with van der Waals surface area (Å²) in [7, 11) is 0. The van der Waals surface area contributed by atoms with Crippen molar-refractivity contribution in [1.29, 1.82) is 5.26 Å². The van der Waals surface area contributed by atoms with Crippen LogP contribution in [0.15, 0.2) is 24.3 Å². The lowest BCUT2D eigenvalue weighted by atomic mass is 9.89. The van der Waals surface area contributed by atoms with Crippen LogP contribution in [0.1, 0.15) is 38.7 Å². The number of hydrogen-bond donors (Lipinski definition) is 0. The molecule has 2 nitrogen and oxygen atoms in total. The first-order valence-corrected chi connectivity index (χ1v) is 6.27. The summed E-state index contributed by atoms with van der Waals surface area (Å²) in [5.74, 6) is -0.219. The van der Waals surface area contributed by atoms with Gasteiger partial charge >= 0.3 is 0 Å². The van der Waals surface area contributed by atoms with Gasteiger partial charge in [-0.05, 0) is 39.2 Å². The molecule has 0 fully saturated rings. The van der Waals surface area contributed by atoms with Crippen molar-refractivity contribution in [2.24, 2.45) is 5.41 Å². The van der Waals surface area contributed by atoms with Crippen molar-refractivity contribution < 1.29 is 9.13 Å². The molecule has 3 heteroatoms. The van der Waals surface area contributed by atoms with Gasteiger partial charge in [-0.3, -0.25) is 0 Å². The van der Waals surface area contributed by atoms with Gasteiger partial charge in [0.15, 0.2) is 0 Å². The van der Waals surface area contributed by atoms with Gasteiger partial charge in [-0.2, -0.15) is 5.26 Å². The second-order valence-electron chi connectivity index (χ2n) is 5.10. The fourth-order valence-corrected chi connectivity index (χ4v) is 1.62. The van der Waals surface area contributed by atoms with Gasteiger partial charge in [0.2, 0.25) is 0 Å². The second kappa shape index (κ2) is 7.13. The molecule has 0 saturated carbocycles.